The van der Waals surface area contributed by atoms with Crippen LogP contribution in [0.3, 0.4) is 0 Å². The van der Waals surface area contributed by atoms with Gasteiger partial charge in [-0.05, 0) is 71.6 Å². The normalized spacial score (nSPS) is 19.3. The molecule has 1 amide bonds. The first-order valence-electron chi connectivity index (χ1n) is 12.3. The second-order valence-electron chi connectivity index (χ2n) is 10.8. The van der Waals surface area contributed by atoms with E-state index in [-0.39, 0.29) is 17.4 Å². The first-order valence-corrected chi connectivity index (χ1v) is 12.3. The number of nitrogens with zero attached hydrogens (tertiary/aromatic N) is 5. The van der Waals surface area contributed by atoms with Gasteiger partial charge in [0.2, 0.25) is 0 Å². The quantitative estimate of drug-likeness (QED) is 0.404. The Hall–Kier alpha value is -3.22. The summed E-state index contributed by atoms with van der Waals surface area (Å²) in [6.07, 6.45) is 4.17. The molecule has 0 spiro atoms. The van der Waals surface area contributed by atoms with Crippen molar-refractivity contribution in [2.24, 2.45) is 0 Å². The van der Waals surface area contributed by atoms with E-state index in [0.29, 0.717) is 12.5 Å². The third kappa shape index (κ3) is 3.58. The van der Waals surface area contributed by atoms with Gasteiger partial charge in [-0.15, -0.1) is 0 Å². The molecular weight excluding hydrogens is 426 g/mol. The lowest BCUT2D eigenvalue weighted by atomic mass is 9.96. The van der Waals surface area contributed by atoms with Crippen LogP contribution in [0.4, 0.5) is 0 Å². The Morgan fingerprint density at radius 1 is 1.09 bits per heavy atom. The highest BCUT2D eigenvalue weighted by Gasteiger charge is 2.34. The molecule has 1 saturated heterocycles. The van der Waals surface area contributed by atoms with Gasteiger partial charge in [0.25, 0.3) is 5.91 Å². The van der Waals surface area contributed by atoms with Gasteiger partial charge in [-0.3, -0.25) is 4.79 Å². The van der Waals surface area contributed by atoms with E-state index in [2.05, 4.69) is 20.8 Å². The molecule has 4 heterocycles. The molecule has 6 rings (SSSR count). The Morgan fingerprint density at radius 3 is 2.62 bits per heavy atom. The summed E-state index contributed by atoms with van der Waals surface area (Å²) >= 11 is 0. The summed E-state index contributed by atoms with van der Waals surface area (Å²) in [5.74, 6) is 1.35. The zero-order chi connectivity index (χ0) is 23.6. The molecule has 7 nitrogen and oxygen atoms in total. The SMILES string of the molecule is Cc1nn(C(C)(C)C)c2nc(C3CC3)cc(C(=O)N3CCCC(c4nc5ccccc5o4)C3)c12. The molecule has 2 aliphatic rings. The van der Waals surface area contributed by atoms with E-state index in [1.54, 1.807) is 0 Å². The Kier molecular flexibility index (Phi) is 4.80. The number of piperidine rings is 1. The molecule has 4 aromatic rings. The fraction of sp³-hybridized carbons (Fsp3) is 0.481. The second-order valence-corrected chi connectivity index (χ2v) is 10.8. The van der Waals surface area contributed by atoms with Gasteiger partial charge in [-0.25, -0.2) is 14.6 Å². The lowest BCUT2D eigenvalue weighted by molar-refractivity contribution is 0.0700. The van der Waals surface area contributed by atoms with E-state index in [9.17, 15) is 4.79 Å². The van der Waals surface area contributed by atoms with E-state index in [1.807, 2.05) is 46.8 Å². The minimum Gasteiger partial charge on any atom is -0.440 e. The highest BCUT2D eigenvalue weighted by Crippen LogP contribution is 2.41. The van der Waals surface area contributed by atoms with Gasteiger partial charge in [0.15, 0.2) is 17.1 Å². The molecular formula is C27H31N5O2. The average Bonchev–Trinajstić information content (AvgIpc) is 3.49. The highest BCUT2D eigenvalue weighted by molar-refractivity contribution is 6.06. The lowest BCUT2D eigenvalue weighted by Crippen LogP contribution is -2.39. The van der Waals surface area contributed by atoms with Crippen LogP contribution in [0.5, 0.6) is 0 Å². The van der Waals surface area contributed by atoms with Crippen molar-refractivity contribution in [1.82, 2.24) is 24.6 Å². The number of amides is 1. The van der Waals surface area contributed by atoms with Crippen LogP contribution >= 0.6 is 0 Å². The standard InChI is InChI=1S/C27H31N5O2/c1-16-23-19(14-21(17-11-12-17)28-24(23)32(30-16)27(2,3)4)26(33)31-13-7-8-18(15-31)25-29-20-9-5-6-10-22(20)34-25/h5-6,9-10,14,17-18H,7-8,11-13,15H2,1-4H3. The maximum atomic E-state index is 14.0. The number of hydrogen-bond donors (Lipinski definition) is 0. The van der Waals surface area contributed by atoms with Crippen molar-refractivity contribution in [3.05, 3.63) is 53.2 Å². The molecule has 2 fully saturated rings. The van der Waals surface area contributed by atoms with Gasteiger partial charge >= 0.3 is 0 Å². The first-order chi connectivity index (χ1) is 16.3. The number of benzene rings is 1. The largest absolute Gasteiger partial charge is 0.440 e. The van der Waals surface area contributed by atoms with E-state index in [0.717, 1.165) is 77.2 Å². The first kappa shape index (κ1) is 21.3. The van der Waals surface area contributed by atoms with Gasteiger partial charge < -0.3 is 9.32 Å². The van der Waals surface area contributed by atoms with Gasteiger partial charge in [0.05, 0.1) is 28.1 Å². The minimum atomic E-state index is -0.217. The number of oxazole rings is 1. The van der Waals surface area contributed by atoms with Crippen molar-refractivity contribution in [1.29, 1.82) is 0 Å². The van der Waals surface area contributed by atoms with Crippen LogP contribution in [0.2, 0.25) is 0 Å². The topological polar surface area (TPSA) is 77.1 Å². The Labute approximate surface area is 199 Å². The number of para-hydroxylation sites is 2. The van der Waals surface area contributed by atoms with Crippen LogP contribution in [0.25, 0.3) is 22.1 Å². The van der Waals surface area contributed by atoms with E-state index in [4.69, 9.17) is 19.5 Å². The predicted molar refractivity (Wildman–Crippen MR) is 131 cm³/mol. The lowest BCUT2D eigenvalue weighted by Gasteiger charge is -2.31. The molecule has 34 heavy (non-hydrogen) atoms. The van der Waals surface area contributed by atoms with E-state index in [1.165, 1.54) is 0 Å². The third-order valence-electron chi connectivity index (χ3n) is 7.06. The molecule has 1 aliphatic carbocycles. The highest BCUT2D eigenvalue weighted by atomic mass is 16.3. The number of hydrogen-bond acceptors (Lipinski definition) is 5. The summed E-state index contributed by atoms with van der Waals surface area (Å²) in [4.78, 5) is 25.7. The van der Waals surface area contributed by atoms with Crippen molar-refractivity contribution in [2.45, 2.75) is 70.8 Å². The number of pyridine rings is 1. The van der Waals surface area contributed by atoms with Crippen LogP contribution in [0, 0.1) is 6.92 Å². The fourth-order valence-electron chi connectivity index (χ4n) is 5.13. The summed E-state index contributed by atoms with van der Waals surface area (Å²) in [5.41, 5.74) is 4.89. The molecule has 0 radical (unpaired) electrons. The van der Waals surface area contributed by atoms with Crippen molar-refractivity contribution in [2.75, 3.05) is 13.1 Å². The van der Waals surface area contributed by atoms with Crippen LogP contribution in [0.15, 0.2) is 34.7 Å². The van der Waals surface area contributed by atoms with E-state index >= 15 is 0 Å². The summed E-state index contributed by atoms with van der Waals surface area (Å²) in [6, 6.07) is 9.88. The number of carbonyl (C=O) groups is 1. The molecule has 1 aromatic carbocycles. The van der Waals surface area contributed by atoms with Gasteiger partial charge in [0, 0.05) is 24.7 Å². The van der Waals surface area contributed by atoms with Crippen LogP contribution in [-0.4, -0.2) is 43.6 Å². The van der Waals surface area contributed by atoms with Crippen molar-refractivity contribution in [3.8, 4) is 0 Å². The minimum absolute atomic E-state index is 0.0617. The Morgan fingerprint density at radius 2 is 1.88 bits per heavy atom. The van der Waals surface area contributed by atoms with Gasteiger partial charge in [0.1, 0.15) is 5.52 Å². The number of fused-ring (bicyclic) bond motifs is 2. The maximum Gasteiger partial charge on any atom is 0.254 e. The van der Waals surface area contributed by atoms with Crippen molar-refractivity contribution >= 4 is 28.0 Å². The Balaban J connectivity index is 1.38. The molecule has 7 heteroatoms. The fourth-order valence-corrected chi connectivity index (χ4v) is 5.13. The number of rotatable bonds is 3. The van der Waals surface area contributed by atoms with Crippen LogP contribution < -0.4 is 0 Å². The van der Waals surface area contributed by atoms with Crippen LogP contribution in [-0.2, 0) is 5.54 Å². The molecule has 1 saturated carbocycles. The summed E-state index contributed by atoms with van der Waals surface area (Å²) in [7, 11) is 0. The zero-order valence-electron chi connectivity index (χ0n) is 20.3. The van der Waals surface area contributed by atoms with Gasteiger partial charge in [-0.1, -0.05) is 12.1 Å². The number of likely N-dealkylation sites (tertiary alicyclic amines) is 1. The number of carbonyl (C=O) groups excluding carboxylic acids is 1. The number of aromatic nitrogens is 4. The number of aryl methyl sites for hydroxylation is 1. The molecule has 1 aliphatic heterocycles. The summed E-state index contributed by atoms with van der Waals surface area (Å²) in [5, 5.41) is 5.70. The molecule has 176 valence electrons. The van der Waals surface area contributed by atoms with Crippen molar-refractivity contribution in [3.63, 3.8) is 0 Å². The van der Waals surface area contributed by atoms with Crippen LogP contribution in [0.1, 0.15) is 85.9 Å². The third-order valence-corrected chi connectivity index (χ3v) is 7.06. The molecule has 0 bridgehead atoms. The monoisotopic (exact) mass is 457 g/mol. The zero-order valence-corrected chi connectivity index (χ0v) is 20.3. The predicted octanol–water partition coefficient (Wildman–Crippen LogP) is 5.53. The summed E-state index contributed by atoms with van der Waals surface area (Å²) < 4.78 is 8.04. The smallest absolute Gasteiger partial charge is 0.254 e. The average molecular weight is 458 g/mol. The molecule has 1 unspecified atom stereocenters. The Bertz CT molecular complexity index is 1370. The molecule has 0 N–H and O–H groups in total. The molecule has 3 aromatic heterocycles. The summed E-state index contributed by atoms with van der Waals surface area (Å²) in [6.45, 7) is 9.71. The molecule has 1 atom stereocenters. The van der Waals surface area contributed by atoms with E-state index < -0.39 is 0 Å². The maximum absolute atomic E-state index is 14.0. The van der Waals surface area contributed by atoms with Gasteiger partial charge in [-0.2, -0.15) is 5.10 Å². The second kappa shape index (κ2) is 7.65. The van der Waals surface area contributed by atoms with Crippen molar-refractivity contribution < 1.29 is 9.21 Å².